The molecule has 0 aromatic heterocycles. The van der Waals surface area contributed by atoms with Crippen molar-refractivity contribution >= 4 is 10.8 Å². The molecule has 0 bridgehead atoms. The van der Waals surface area contributed by atoms with Crippen molar-refractivity contribution in [3.63, 3.8) is 0 Å². The lowest BCUT2D eigenvalue weighted by Crippen LogP contribution is -2.10. The average molecular weight is 388 g/mol. The molecule has 3 aromatic carbocycles. The zero-order chi connectivity index (χ0) is 20.1. The number of hydrogen-bond acceptors (Lipinski definition) is 0. The zero-order valence-corrected chi connectivity index (χ0v) is 15.9. The van der Waals surface area contributed by atoms with Crippen LogP contribution in [-0.2, 0) is 12.6 Å². The third-order valence-electron chi connectivity index (χ3n) is 5.22. The lowest BCUT2D eigenvalue weighted by Gasteiger charge is -2.19. The van der Waals surface area contributed by atoms with Crippen LogP contribution in [0, 0.1) is 5.82 Å². The first-order valence-corrected chi connectivity index (χ1v) is 9.73. The van der Waals surface area contributed by atoms with Crippen LogP contribution in [0.2, 0.25) is 0 Å². The van der Waals surface area contributed by atoms with Crippen LogP contribution in [0.4, 0.5) is 17.6 Å². The minimum absolute atomic E-state index is 0.00973. The van der Waals surface area contributed by atoms with Gasteiger partial charge in [0.1, 0.15) is 5.82 Å². The summed E-state index contributed by atoms with van der Waals surface area (Å²) in [5, 5.41) is 2.28. The molecule has 0 nitrogen and oxygen atoms in total. The van der Waals surface area contributed by atoms with Crippen LogP contribution < -0.4 is 0 Å². The van der Waals surface area contributed by atoms with Crippen LogP contribution in [0.5, 0.6) is 0 Å². The van der Waals surface area contributed by atoms with Gasteiger partial charge in [0.2, 0.25) is 0 Å². The average Bonchev–Trinajstić information content (AvgIpc) is 2.66. The Morgan fingerprint density at radius 3 is 2.29 bits per heavy atom. The molecule has 0 aliphatic rings. The van der Waals surface area contributed by atoms with E-state index in [2.05, 4.69) is 25.1 Å². The standard InChI is InChI=1S/C24H24F4/c1-2-3-4-8-20(21-12-13-22(23(25)16-21)24(26,27)28)15-17-10-11-18-7-5-6-9-19(18)14-17/h5-7,9-14,16,20H,2-4,8,15H2,1H3. The van der Waals surface area contributed by atoms with Gasteiger partial charge in [-0.2, -0.15) is 13.2 Å². The van der Waals surface area contributed by atoms with Gasteiger partial charge in [-0.15, -0.1) is 0 Å². The van der Waals surface area contributed by atoms with E-state index in [1.54, 1.807) is 0 Å². The third-order valence-corrected chi connectivity index (χ3v) is 5.22. The maximum absolute atomic E-state index is 14.1. The highest BCUT2D eigenvalue weighted by atomic mass is 19.4. The second kappa shape index (κ2) is 8.76. The Balaban J connectivity index is 1.88. The lowest BCUT2D eigenvalue weighted by molar-refractivity contribution is -0.140. The predicted octanol–water partition coefficient (Wildman–Crippen LogP) is 7.90. The van der Waals surface area contributed by atoms with Gasteiger partial charge in [0.25, 0.3) is 0 Å². The highest BCUT2D eigenvalue weighted by molar-refractivity contribution is 5.83. The molecule has 1 atom stereocenters. The number of hydrogen-bond donors (Lipinski definition) is 0. The molecule has 0 radical (unpaired) electrons. The molecule has 0 saturated carbocycles. The van der Waals surface area contributed by atoms with Crippen molar-refractivity contribution in [1.82, 2.24) is 0 Å². The summed E-state index contributed by atoms with van der Waals surface area (Å²) in [7, 11) is 0. The number of fused-ring (bicyclic) bond motifs is 1. The van der Waals surface area contributed by atoms with Gasteiger partial charge < -0.3 is 0 Å². The number of benzene rings is 3. The first-order chi connectivity index (χ1) is 13.4. The van der Waals surface area contributed by atoms with E-state index in [0.29, 0.717) is 12.0 Å². The van der Waals surface area contributed by atoms with E-state index in [0.717, 1.165) is 54.2 Å². The van der Waals surface area contributed by atoms with E-state index in [-0.39, 0.29) is 5.92 Å². The molecule has 0 amide bonds. The van der Waals surface area contributed by atoms with Crippen LogP contribution in [0.15, 0.2) is 60.7 Å². The normalized spacial score (nSPS) is 13.0. The van der Waals surface area contributed by atoms with Crippen molar-refractivity contribution < 1.29 is 17.6 Å². The zero-order valence-electron chi connectivity index (χ0n) is 15.9. The summed E-state index contributed by atoms with van der Waals surface area (Å²) in [5.74, 6) is -1.20. The number of rotatable bonds is 7. The minimum atomic E-state index is -4.67. The van der Waals surface area contributed by atoms with Crippen LogP contribution in [0.3, 0.4) is 0 Å². The van der Waals surface area contributed by atoms with Crippen molar-refractivity contribution in [2.24, 2.45) is 0 Å². The molecule has 0 saturated heterocycles. The molecule has 4 heteroatoms. The lowest BCUT2D eigenvalue weighted by atomic mass is 9.86. The van der Waals surface area contributed by atoms with Gasteiger partial charge in [0.15, 0.2) is 0 Å². The molecular weight excluding hydrogens is 364 g/mol. The second-order valence-corrected chi connectivity index (χ2v) is 7.32. The fourth-order valence-electron chi connectivity index (χ4n) is 3.69. The summed E-state index contributed by atoms with van der Waals surface area (Å²) in [6.07, 6.45) is -0.0811. The maximum atomic E-state index is 14.1. The highest BCUT2D eigenvalue weighted by Gasteiger charge is 2.34. The highest BCUT2D eigenvalue weighted by Crippen LogP contribution is 2.34. The summed E-state index contributed by atoms with van der Waals surface area (Å²) in [6, 6.07) is 17.7. The summed E-state index contributed by atoms with van der Waals surface area (Å²) in [6.45, 7) is 2.11. The Labute approximate surface area is 163 Å². The Morgan fingerprint density at radius 2 is 1.61 bits per heavy atom. The third kappa shape index (κ3) is 4.92. The summed E-state index contributed by atoms with van der Waals surface area (Å²) in [4.78, 5) is 0. The Kier molecular flexibility index (Phi) is 6.38. The van der Waals surface area contributed by atoms with E-state index < -0.39 is 17.6 Å². The maximum Gasteiger partial charge on any atom is 0.419 e. The van der Waals surface area contributed by atoms with Gasteiger partial charge in [-0.25, -0.2) is 4.39 Å². The predicted molar refractivity (Wildman–Crippen MR) is 106 cm³/mol. The van der Waals surface area contributed by atoms with Crippen LogP contribution in [-0.4, -0.2) is 0 Å². The van der Waals surface area contributed by atoms with Crippen molar-refractivity contribution in [3.05, 3.63) is 83.2 Å². The first kappa shape index (κ1) is 20.4. The Morgan fingerprint density at radius 1 is 0.857 bits per heavy atom. The van der Waals surface area contributed by atoms with E-state index in [1.165, 1.54) is 6.07 Å². The minimum Gasteiger partial charge on any atom is -0.206 e. The van der Waals surface area contributed by atoms with Gasteiger partial charge in [-0.3, -0.25) is 0 Å². The quantitative estimate of drug-likeness (QED) is 0.285. The van der Waals surface area contributed by atoms with Gasteiger partial charge >= 0.3 is 6.18 Å². The summed E-state index contributed by atoms with van der Waals surface area (Å²) >= 11 is 0. The molecule has 148 valence electrons. The fourth-order valence-corrected chi connectivity index (χ4v) is 3.69. The molecule has 0 N–H and O–H groups in total. The largest absolute Gasteiger partial charge is 0.419 e. The van der Waals surface area contributed by atoms with E-state index >= 15 is 0 Å². The van der Waals surface area contributed by atoms with E-state index in [4.69, 9.17) is 0 Å². The number of alkyl halides is 3. The number of halogens is 4. The molecule has 0 spiro atoms. The van der Waals surface area contributed by atoms with Crippen molar-refractivity contribution in [2.45, 2.75) is 51.1 Å². The summed E-state index contributed by atoms with van der Waals surface area (Å²) < 4.78 is 52.8. The summed E-state index contributed by atoms with van der Waals surface area (Å²) in [5.41, 5.74) is 0.546. The fraction of sp³-hybridized carbons (Fsp3) is 0.333. The molecule has 0 aliphatic heterocycles. The topological polar surface area (TPSA) is 0 Å². The van der Waals surface area contributed by atoms with Crippen molar-refractivity contribution in [1.29, 1.82) is 0 Å². The Bertz CT molecular complexity index is 927. The Hall–Kier alpha value is -2.36. The van der Waals surface area contributed by atoms with E-state index in [9.17, 15) is 17.6 Å². The SMILES string of the molecule is CCCCCC(Cc1ccc2ccccc2c1)c1ccc(C(F)(F)F)c(F)c1. The van der Waals surface area contributed by atoms with Gasteiger partial charge in [0, 0.05) is 0 Å². The van der Waals surface area contributed by atoms with Gasteiger partial charge in [-0.1, -0.05) is 74.7 Å². The molecule has 0 heterocycles. The number of unbranched alkanes of at least 4 members (excludes halogenated alkanes) is 2. The molecule has 0 fully saturated rings. The van der Waals surface area contributed by atoms with Crippen LogP contribution in [0.25, 0.3) is 10.8 Å². The monoisotopic (exact) mass is 388 g/mol. The molecule has 1 unspecified atom stereocenters. The van der Waals surface area contributed by atoms with Crippen molar-refractivity contribution in [2.75, 3.05) is 0 Å². The van der Waals surface area contributed by atoms with Crippen molar-refractivity contribution in [3.8, 4) is 0 Å². The molecule has 3 rings (SSSR count). The van der Waals surface area contributed by atoms with Gasteiger partial charge in [0.05, 0.1) is 5.56 Å². The van der Waals surface area contributed by atoms with Crippen LogP contribution in [0.1, 0.15) is 55.2 Å². The molecule has 0 aliphatic carbocycles. The smallest absolute Gasteiger partial charge is 0.206 e. The molecular formula is C24H24F4. The van der Waals surface area contributed by atoms with Crippen LogP contribution >= 0.6 is 0 Å². The molecule has 3 aromatic rings. The molecule has 28 heavy (non-hydrogen) atoms. The van der Waals surface area contributed by atoms with E-state index in [1.807, 2.05) is 24.3 Å². The second-order valence-electron chi connectivity index (χ2n) is 7.32. The van der Waals surface area contributed by atoms with Gasteiger partial charge in [-0.05, 0) is 52.8 Å². The first-order valence-electron chi connectivity index (χ1n) is 9.73.